The Morgan fingerprint density at radius 1 is 1.13 bits per heavy atom. The van der Waals surface area contributed by atoms with Crippen molar-refractivity contribution in [1.82, 2.24) is 14.9 Å². The average molecular weight is 307 g/mol. The fourth-order valence-corrected chi connectivity index (χ4v) is 2.99. The maximum Gasteiger partial charge on any atom is 0.207 e. The highest BCUT2D eigenvalue weighted by atomic mass is 16.1. The molecule has 0 saturated heterocycles. The number of nitrogens with one attached hydrogen (secondary N) is 1. The Labute approximate surface area is 136 Å². The lowest BCUT2D eigenvalue weighted by atomic mass is 10.1. The quantitative estimate of drug-likeness (QED) is 0.537. The van der Waals surface area contributed by atoms with Crippen molar-refractivity contribution in [1.29, 1.82) is 0 Å². The molecule has 2 aromatic carbocycles. The third-order valence-electron chi connectivity index (χ3n) is 4.14. The Morgan fingerprint density at radius 3 is 2.65 bits per heavy atom. The van der Waals surface area contributed by atoms with Crippen molar-refractivity contribution >= 4 is 17.4 Å². The van der Waals surface area contributed by atoms with Crippen LogP contribution in [0.1, 0.15) is 30.8 Å². The smallest absolute Gasteiger partial charge is 0.207 e. The SMILES string of the molecule is C[C@@H](c1ccccc1)n1c(CCCNC=O)nc2ccccc21. The van der Waals surface area contributed by atoms with Crippen molar-refractivity contribution < 1.29 is 4.79 Å². The van der Waals surface area contributed by atoms with Gasteiger partial charge in [-0.15, -0.1) is 0 Å². The number of imidazole rings is 1. The molecule has 0 saturated carbocycles. The number of hydrogen-bond acceptors (Lipinski definition) is 2. The Balaban J connectivity index is 1.97. The average Bonchev–Trinajstić information content (AvgIpc) is 2.97. The first-order valence-electron chi connectivity index (χ1n) is 7.99. The van der Waals surface area contributed by atoms with Crippen LogP contribution >= 0.6 is 0 Å². The highest BCUT2D eigenvalue weighted by Gasteiger charge is 2.16. The van der Waals surface area contributed by atoms with Crippen LogP contribution in [-0.4, -0.2) is 22.5 Å². The summed E-state index contributed by atoms with van der Waals surface area (Å²) in [6.07, 6.45) is 2.46. The maximum absolute atomic E-state index is 10.4. The molecule has 0 bridgehead atoms. The van der Waals surface area contributed by atoms with Gasteiger partial charge in [0.05, 0.1) is 17.1 Å². The number of aromatic nitrogens is 2. The fourth-order valence-electron chi connectivity index (χ4n) is 2.99. The standard InChI is InChI=1S/C19H21N3O/c1-15(16-8-3-2-4-9-16)22-18-11-6-5-10-17(18)21-19(22)12-7-13-20-14-23/h2-6,8-11,14-15H,7,12-13H2,1H3,(H,20,23)/t15-/m0/s1. The monoisotopic (exact) mass is 307 g/mol. The van der Waals surface area contributed by atoms with Crippen LogP contribution in [-0.2, 0) is 11.2 Å². The Kier molecular flexibility index (Phi) is 4.71. The molecule has 1 aromatic heterocycles. The molecule has 0 radical (unpaired) electrons. The van der Waals surface area contributed by atoms with Crippen molar-refractivity contribution in [3.63, 3.8) is 0 Å². The first-order valence-corrected chi connectivity index (χ1v) is 7.99. The molecule has 0 unspecified atom stereocenters. The molecule has 3 rings (SSSR count). The van der Waals surface area contributed by atoms with Crippen LogP contribution in [0.15, 0.2) is 54.6 Å². The molecule has 1 N–H and O–H groups in total. The molecule has 1 heterocycles. The topological polar surface area (TPSA) is 46.9 Å². The van der Waals surface area contributed by atoms with Gasteiger partial charge < -0.3 is 9.88 Å². The minimum absolute atomic E-state index is 0.220. The fraction of sp³-hybridized carbons (Fsp3) is 0.263. The largest absolute Gasteiger partial charge is 0.359 e. The van der Waals surface area contributed by atoms with E-state index in [0.717, 1.165) is 36.1 Å². The number of hydrogen-bond donors (Lipinski definition) is 1. The van der Waals surface area contributed by atoms with E-state index < -0.39 is 0 Å². The van der Waals surface area contributed by atoms with E-state index >= 15 is 0 Å². The molecule has 1 amide bonds. The second-order valence-corrected chi connectivity index (χ2v) is 5.65. The van der Waals surface area contributed by atoms with Gasteiger partial charge in [0.2, 0.25) is 6.41 Å². The number of aryl methyl sites for hydroxylation is 1. The summed E-state index contributed by atoms with van der Waals surface area (Å²) in [5.41, 5.74) is 3.44. The van der Waals surface area contributed by atoms with E-state index in [-0.39, 0.29) is 6.04 Å². The van der Waals surface area contributed by atoms with Crippen molar-refractivity contribution in [2.45, 2.75) is 25.8 Å². The number of benzene rings is 2. The molecule has 0 aliphatic heterocycles. The second-order valence-electron chi connectivity index (χ2n) is 5.65. The maximum atomic E-state index is 10.4. The van der Waals surface area contributed by atoms with E-state index in [4.69, 9.17) is 4.98 Å². The van der Waals surface area contributed by atoms with Gasteiger partial charge in [-0.3, -0.25) is 4.79 Å². The summed E-state index contributed by atoms with van der Waals surface area (Å²) < 4.78 is 2.31. The van der Waals surface area contributed by atoms with Gasteiger partial charge in [-0.1, -0.05) is 42.5 Å². The van der Waals surface area contributed by atoms with Crippen LogP contribution in [0.5, 0.6) is 0 Å². The van der Waals surface area contributed by atoms with Gasteiger partial charge in [0.15, 0.2) is 0 Å². The lowest BCUT2D eigenvalue weighted by Crippen LogP contribution is -2.15. The highest BCUT2D eigenvalue weighted by Crippen LogP contribution is 2.26. The minimum Gasteiger partial charge on any atom is -0.359 e. The summed E-state index contributed by atoms with van der Waals surface area (Å²) in [6, 6.07) is 18.9. The number of amides is 1. The van der Waals surface area contributed by atoms with E-state index in [1.165, 1.54) is 5.56 Å². The predicted molar refractivity (Wildman–Crippen MR) is 92.4 cm³/mol. The lowest BCUT2D eigenvalue weighted by Gasteiger charge is -2.18. The van der Waals surface area contributed by atoms with Crippen LogP contribution in [0.4, 0.5) is 0 Å². The van der Waals surface area contributed by atoms with Gasteiger partial charge in [-0.05, 0) is 31.0 Å². The van der Waals surface area contributed by atoms with Crippen LogP contribution in [0, 0.1) is 0 Å². The van der Waals surface area contributed by atoms with Gasteiger partial charge in [-0.25, -0.2) is 4.98 Å². The number of fused-ring (bicyclic) bond motifs is 1. The van der Waals surface area contributed by atoms with E-state index in [1.807, 2.05) is 12.1 Å². The van der Waals surface area contributed by atoms with Gasteiger partial charge in [0, 0.05) is 13.0 Å². The van der Waals surface area contributed by atoms with Crippen LogP contribution in [0.2, 0.25) is 0 Å². The zero-order chi connectivity index (χ0) is 16.1. The number of carbonyl (C=O) groups is 1. The van der Waals surface area contributed by atoms with Crippen molar-refractivity contribution in [2.75, 3.05) is 6.54 Å². The predicted octanol–water partition coefficient (Wildman–Crippen LogP) is 3.32. The molecule has 23 heavy (non-hydrogen) atoms. The van der Waals surface area contributed by atoms with E-state index in [0.29, 0.717) is 6.54 Å². The number of carbonyl (C=O) groups excluding carboxylic acids is 1. The summed E-state index contributed by atoms with van der Waals surface area (Å²) in [7, 11) is 0. The van der Waals surface area contributed by atoms with E-state index in [1.54, 1.807) is 0 Å². The summed E-state index contributed by atoms with van der Waals surface area (Å²) in [5.74, 6) is 1.07. The van der Waals surface area contributed by atoms with E-state index in [2.05, 4.69) is 59.3 Å². The van der Waals surface area contributed by atoms with Gasteiger partial charge in [-0.2, -0.15) is 0 Å². The van der Waals surface area contributed by atoms with Crippen molar-refractivity contribution in [2.24, 2.45) is 0 Å². The van der Waals surface area contributed by atoms with Crippen LogP contribution in [0.3, 0.4) is 0 Å². The molecular formula is C19H21N3O. The molecule has 4 nitrogen and oxygen atoms in total. The zero-order valence-electron chi connectivity index (χ0n) is 13.3. The first kappa shape index (κ1) is 15.3. The molecule has 0 aliphatic carbocycles. The van der Waals surface area contributed by atoms with Crippen molar-refractivity contribution in [3.8, 4) is 0 Å². The summed E-state index contributed by atoms with van der Waals surface area (Å²) in [6.45, 7) is 2.88. The Hall–Kier alpha value is -2.62. The van der Waals surface area contributed by atoms with Gasteiger partial charge >= 0.3 is 0 Å². The molecule has 1 atom stereocenters. The summed E-state index contributed by atoms with van der Waals surface area (Å²) in [5, 5.41) is 2.72. The lowest BCUT2D eigenvalue weighted by molar-refractivity contribution is -0.109. The van der Waals surface area contributed by atoms with Crippen LogP contribution in [0.25, 0.3) is 11.0 Å². The second kappa shape index (κ2) is 7.09. The number of para-hydroxylation sites is 2. The summed E-state index contributed by atoms with van der Waals surface area (Å²) in [4.78, 5) is 15.2. The molecule has 3 aromatic rings. The van der Waals surface area contributed by atoms with Crippen LogP contribution < -0.4 is 5.32 Å². The van der Waals surface area contributed by atoms with Gasteiger partial charge in [0.1, 0.15) is 5.82 Å². The molecule has 0 aliphatic rings. The molecule has 4 heteroatoms. The number of rotatable bonds is 7. The Morgan fingerprint density at radius 2 is 1.87 bits per heavy atom. The zero-order valence-corrected chi connectivity index (χ0v) is 13.3. The first-order chi connectivity index (χ1) is 11.3. The summed E-state index contributed by atoms with van der Waals surface area (Å²) >= 11 is 0. The van der Waals surface area contributed by atoms with Gasteiger partial charge in [0.25, 0.3) is 0 Å². The molecule has 0 spiro atoms. The third kappa shape index (κ3) is 3.26. The van der Waals surface area contributed by atoms with E-state index in [9.17, 15) is 4.79 Å². The molecular weight excluding hydrogens is 286 g/mol. The van der Waals surface area contributed by atoms with Crippen molar-refractivity contribution in [3.05, 3.63) is 66.0 Å². The highest BCUT2D eigenvalue weighted by molar-refractivity contribution is 5.76. The minimum atomic E-state index is 0.220. The third-order valence-corrected chi connectivity index (χ3v) is 4.14. The number of nitrogens with zero attached hydrogens (tertiary/aromatic N) is 2. The normalized spacial score (nSPS) is 12.2. The molecule has 0 fully saturated rings. The molecule has 118 valence electrons. The Bertz CT molecular complexity index is 780.